The third kappa shape index (κ3) is 2.59. The van der Waals surface area contributed by atoms with Crippen LogP contribution in [0.3, 0.4) is 0 Å². The highest BCUT2D eigenvalue weighted by Crippen LogP contribution is 2.41. The van der Waals surface area contributed by atoms with E-state index in [-0.39, 0.29) is 12.0 Å². The Bertz CT molecular complexity index is 517. The number of aliphatic carboxylic acids is 1. The molecule has 1 saturated carbocycles. The van der Waals surface area contributed by atoms with Crippen LogP contribution in [-0.2, 0) is 11.3 Å². The van der Waals surface area contributed by atoms with Crippen molar-refractivity contribution in [2.24, 2.45) is 5.92 Å². The van der Waals surface area contributed by atoms with Gasteiger partial charge in [-0.05, 0) is 58.9 Å². The smallest absolute Gasteiger partial charge is 0.326 e. The van der Waals surface area contributed by atoms with E-state index in [1.54, 1.807) is 0 Å². The van der Waals surface area contributed by atoms with E-state index in [4.69, 9.17) is 0 Å². The summed E-state index contributed by atoms with van der Waals surface area (Å²) >= 11 is 0. The number of hydrogen-bond acceptors (Lipinski definition) is 3. The van der Waals surface area contributed by atoms with Gasteiger partial charge in [0.25, 0.3) is 0 Å². The molecule has 5 nitrogen and oxygen atoms in total. The number of nitrogens with one attached hydrogen (secondary N) is 1. The van der Waals surface area contributed by atoms with Crippen LogP contribution in [0.4, 0.5) is 0 Å². The lowest BCUT2D eigenvalue weighted by Crippen LogP contribution is -2.59. The number of carboxylic acids is 1. The predicted molar refractivity (Wildman–Crippen MR) is 77.8 cm³/mol. The van der Waals surface area contributed by atoms with Gasteiger partial charge in [0.05, 0.1) is 12.2 Å². The van der Waals surface area contributed by atoms with E-state index in [9.17, 15) is 9.90 Å². The molecule has 0 bridgehead atoms. The van der Waals surface area contributed by atoms with Crippen molar-refractivity contribution in [1.82, 2.24) is 15.1 Å². The van der Waals surface area contributed by atoms with Crippen molar-refractivity contribution in [2.75, 3.05) is 0 Å². The van der Waals surface area contributed by atoms with Crippen molar-refractivity contribution in [2.45, 2.75) is 65.6 Å². The van der Waals surface area contributed by atoms with Crippen molar-refractivity contribution in [3.8, 4) is 0 Å². The first-order valence-corrected chi connectivity index (χ1v) is 7.29. The highest BCUT2D eigenvalue weighted by molar-refractivity contribution is 5.80. The summed E-state index contributed by atoms with van der Waals surface area (Å²) < 4.78 is 1.85. The number of carboxylic acid groups (broad SMARTS) is 1. The average molecular weight is 279 g/mol. The Morgan fingerprint density at radius 2 is 2.05 bits per heavy atom. The monoisotopic (exact) mass is 279 g/mol. The molecule has 1 aromatic rings. The molecule has 1 heterocycles. The zero-order valence-electron chi connectivity index (χ0n) is 13.0. The Balaban J connectivity index is 2.36. The van der Waals surface area contributed by atoms with Gasteiger partial charge in [0, 0.05) is 11.7 Å². The Morgan fingerprint density at radius 1 is 1.45 bits per heavy atom. The number of aromatic nitrogens is 2. The van der Waals surface area contributed by atoms with Gasteiger partial charge in [-0.25, -0.2) is 0 Å². The topological polar surface area (TPSA) is 67.2 Å². The maximum atomic E-state index is 11.9. The van der Waals surface area contributed by atoms with E-state index in [1.165, 1.54) is 0 Å². The van der Waals surface area contributed by atoms with Crippen LogP contribution in [0.1, 0.15) is 43.6 Å². The van der Waals surface area contributed by atoms with Crippen LogP contribution < -0.4 is 5.32 Å². The first-order valence-electron chi connectivity index (χ1n) is 7.29. The molecule has 0 radical (unpaired) electrons. The zero-order valence-corrected chi connectivity index (χ0v) is 13.0. The van der Waals surface area contributed by atoms with Crippen molar-refractivity contribution in [3.05, 3.63) is 17.0 Å². The van der Waals surface area contributed by atoms with Gasteiger partial charge in [-0.2, -0.15) is 5.10 Å². The molecule has 1 aromatic heterocycles. The van der Waals surface area contributed by atoms with E-state index in [2.05, 4.69) is 10.4 Å². The fraction of sp³-hybridized carbons (Fsp3) is 0.733. The average Bonchev–Trinajstić information content (AvgIpc) is 3.15. The minimum Gasteiger partial charge on any atom is -0.480 e. The third-order valence-corrected chi connectivity index (χ3v) is 4.34. The summed E-state index contributed by atoms with van der Waals surface area (Å²) in [5.41, 5.74) is 2.27. The summed E-state index contributed by atoms with van der Waals surface area (Å²) in [6, 6.07) is 0.129. The van der Waals surface area contributed by atoms with Gasteiger partial charge in [-0.3, -0.25) is 14.8 Å². The molecule has 2 rings (SSSR count). The quantitative estimate of drug-likeness (QED) is 0.836. The van der Waals surface area contributed by atoms with Crippen molar-refractivity contribution in [3.63, 3.8) is 0 Å². The molecule has 0 saturated heterocycles. The van der Waals surface area contributed by atoms with Gasteiger partial charge in [0.1, 0.15) is 5.54 Å². The van der Waals surface area contributed by atoms with Crippen molar-refractivity contribution in [1.29, 1.82) is 0 Å². The summed E-state index contributed by atoms with van der Waals surface area (Å²) in [7, 11) is 0. The molecule has 1 fully saturated rings. The normalized spacial score (nSPS) is 18.3. The van der Waals surface area contributed by atoms with Gasteiger partial charge in [0.15, 0.2) is 0 Å². The molecule has 0 amide bonds. The molecule has 5 heteroatoms. The lowest BCUT2D eigenvalue weighted by atomic mass is 9.92. The van der Waals surface area contributed by atoms with Crippen LogP contribution in [0.15, 0.2) is 0 Å². The summed E-state index contributed by atoms with van der Waals surface area (Å²) in [5, 5.41) is 17.6. The van der Waals surface area contributed by atoms with Crippen LogP contribution in [0.5, 0.6) is 0 Å². The molecule has 1 aliphatic carbocycles. The number of hydrogen-bond donors (Lipinski definition) is 2. The molecule has 1 aliphatic rings. The van der Waals surface area contributed by atoms with Gasteiger partial charge < -0.3 is 5.11 Å². The molecule has 0 spiro atoms. The third-order valence-electron chi connectivity index (χ3n) is 4.34. The Labute approximate surface area is 120 Å². The first kappa shape index (κ1) is 15.0. The maximum absolute atomic E-state index is 11.9. The molecule has 0 aliphatic heterocycles. The SMILES string of the molecule is Cc1nn(CC(NC(C)C)(C(=O)O)C2CC2)c(C)c1C. The Hall–Kier alpha value is -1.36. The minimum atomic E-state index is -0.899. The second-order valence-corrected chi connectivity index (χ2v) is 6.30. The number of carbonyl (C=O) groups is 1. The summed E-state index contributed by atoms with van der Waals surface area (Å²) in [5.74, 6) is -0.564. The lowest BCUT2D eigenvalue weighted by Gasteiger charge is -2.33. The molecular formula is C15H25N3O2. The van der Waals surface area contributed by atoms with E-state index >= 15 is 0 Å². The second-order valence-electron chi connectivity index (χ2n) is 6.30. The number of nitrogens with zero attached hydrogens (tertiary/aromatic N) is 2. The van der Waals surface area contributed by atoms with Gasteiger partial charge in [0.2, 0.25) is 0 Å². The molecule has 20 heavy (non-hydrogen) atoms. The standard InChI is InChI=1S/C15H25N3O2/c1-9(2)16-15(14(19)20,13-6-7-13)8-18-12(5)10(3)11(4)17-18/h9,13,16H,6-8H2,1-5H3,(H,19,20). The Kier molecular flexibility index (Phi) is 3.91. The molecular weight excluding hydrogens is 254 g/mol. The number of aryl methyl sites for hydroxylation is 1. The van der Waals surface area contributed by atoms with E-state index in [0.717, 1.165) is 29.8 Å². The van der Waals surface area contributed by atoms with Crippen LogP contribution in [0.25, 0.3) is 0 Å². The van der Waals surface area contributed by atoms with Crippen LogP contribution >= 0.6 is 0 Å². The molecule has 0 aromatic carbocycles. The Morgan fingerprint density at radius 3 is 2.40 bits per heavy atom. The van der Waals surface area contributed by atoms with Crippen molar-refractivity contribution >= 4 is 5.97 Å². The maximum Gasteiger partial charge on any atom is 0.326 e. The molecule has 112 valence electrons. The largest absolute Gasteiger partial charge is 0.480 e. The second kappa shape index (κ2) is 5.20. The molecule has 2 N–H and O–H groups in total. The van der Waals surface area contributed by atoms with E-state index in [0.29, 0.717) is 6.54 Å². The predicted octanol–water partition coefficient (Wildman–Crippen LogP) is 2.04. The van der Waals surface area contributed by atoms with Crippen molar-refractivity contribution < 1.29 is 9.90 Å². The highest BCUT2D eigenvalue weighted by Gasteiger charge is 2.52. The van der Waals surface area contributed by atoms with Gasteiger partial charge in [-0.15, -0.1) is 0 Å². The fourth-order valence-electron chi connectivity index (χ4n) is 2.86. The molecule has 1 unspecified atom stereocenters. The van der Waals surface area contributed by atoms with E-state index in [1.807, 2.05) is 39.3 Å². The van der Waals surface area contributed by atoms with Crippen LogP contribution in [0.2, 0.25) is 0 Å². The lowest BCUT2D eigenvalue weighted by molar-refractivity contribution is -0.147. The fourth-order valence-corrected chi connectivity index (χ4v) is 2.86. The summed E-state index contributed by atoms with van der Waals surface area (Å²) in [6.07, 6.45) is 1.95. The van der Waals surface area contributed by atoms with Gasteiger partial charge in [-0.1, -0.05) is 0 Å². The summed E-state index contributed by atoms with van der Waals surface area (Å²) in [6.45, 7) is 10.4. The van der Waals surface area contributed by atoms with Gasteiger partial charge >= 0.3 is 5.97 Å². The summed E-state index contributed by atoms with van der Waals surface area (Å²) in [4.78, 5) is 11.9. The first-order chi connectivity index (χ1) is 9.28. The van der Waals surface area contributed by atoms with E-state index < -0.39 is 11.5 Å². The van der Waals surface area contributed by atoms with Crippen LogP contribution in [0, 0.1) is 26.7 Å². The zero-order chi connectivity index (χ0) is 15.1. The van der Waals surface area contributed by atoms with Crippen LogP contribution in [-0.4, -0.2) is 32.4 Å². The molecule has 1 atom stereocenters. The number of rotatable bonds is 6. The minimum absolute atomic E-state index is 0.129. The highest BCUT2D eigenvalue weighted by atomic mass is 16.4.